The summed E-state index contributed by atoms with van der Waals surface area (Å²) in [4.78, 5) is 31.9. The van der Waals surface area contributed by atoms with Crippen LogP contribution in [0.15, 0.2) is 0 Å². The minimum absolute atomic E-state index is 0.139. The Balaban J connectivity index is 3.29. The van der Waals surface area contributed by atoms with E-state index < -0.39 is 6.04 Å². The van der Waals surface area contributed by atoms with Crippen LogP contribution in [0.3, 0.4) is 0 Å². The Bertz CT molecular complexity index is 580. The minimum atomic E-state index is -0.692. The van der Waals surface area contributed by atoms with E-state index in [0.29, 0.717) is 25.0 Å². The van der Waals surface area contributed by atoms with Crippen molar-refractivity contribution in [2.24, 2.45) is 0 Å². The Morgan fingerprint density at radius 3 is 1.75 bits per heavy atom. The summed E-state index contributed by atoms with van der Waals surface area (Å²) in [6.07, 6.45) is 2.03. The fraction of sp³-hybridized carbons (Fsp3) is 0.667. The molecular weight excluding hydrogens is 308 g/mol. The molecule has 0 bridgehead atoms. The van der Waals surface area contributed by atoms with Gasteiger partial charge in [0.2, 0.25) is 23.8 Å². The fourth-order valence-electron chi connectivity index (χ4n) is 2.07. The molecule has 1 aromatic heterocycles. The van der Waals surface area contributed by atoms with Gasteiger partial charge in [-0.1, -0.05) is 0 Å². The lowest BCUT2D eigenvalue weighted by molar-refractivity contribution is -0.131. The monoisotopic (exact) mass is 334 g/mol. The largest absolute Gasteiger partial charge is 0.347 e. The van der Waals surface area contributed by atoms with Gasteiger partial charge in [-0.3, -0.25) is 4.79 Å². The van der Waals surface area contributed by atoms with E-state index in [0.717, 1.165) is 0 Å². The van der Waals surface area contributed by atoms with Crippen LogP contribution in [0, 0.1) is 11.5 Å². The number of anilines is 3. The number of nitriles is 1. The number of hydrogen-bond donors (Lipinski definition) is 0. The predicted molar refractivity (Wildman–Crippen MR) is 94.0 cm³/mol. The van der Waals surface area contributed by atoms with Gasteiger partial charge in [-0.05, 0) is 20.8 Å². The molecule has 0 aliphatic carbocycles. The van der Waals surface area contributed by atoms with Gasteiger partial charge in [-0.2, -0.15) is 20.2 Å². The fourth-order valence-corrected chi connectivity index (χ4v) is 2.07. The Labute approximate surface area is 143 Å². The van der Waals surface area contributed by atoms with E-state index in [4.69, 9.17) is 0 Å². The molecule has 132 valence electrons. The maximum atomic E-state index is 12.6. The molecule has 1 amide bonds. The molecule has 1 rings (SSSR count). The molecule has 9 nitrogen and oxygen atoms in total. The second-order valence-corrected chi connectivity index (χ2v) is 5.68. The van der Waals surface area contributed by atoms with Crippen molar-refractivity contribution in [2.45, 2.75) is 26.8 Å². The van der Waals surface area contributed by atoms with Crippen LogP contribution in [-0.2, 0) is 4.79 Å². The lowest BCUT2D eigenvalue weighted by Crippen LogP contribution is -2.46. The van der Waals surface area contributed by atoms with Crippen LogP contribution in [0.1, 0.15) is 20.8 Å². The van der Waals surface area contributed by atoms with Crippen molar-refractivity contribution < 1.29 is 4.79 Å². The van der Waals surface area contributed by atoms with E-state index in [1.807, 2.05) is 20.0 Å². The molecule has 0 saturated carbocycles. The molecule has 24 heavy (non-hydrogen) atoms. The van der Waals surface area contributed by atoms with Gasteiger partial charge in [0.25, 0.3) is 0 Å². The third kappa shape index (κ3) is 4.22. The number of aromatic nitrogens is 3. The standard InChI is InChI=1S/C15H26N8O/c1-8-22(9-2)12(24)11(3)23(10-16)15-18-13(20(4)5)17-14(19-15)21(6)7/h11H,8-9H2,1-7H3/t11-/m1/s1. The van der Waals surface area contributed by atoms with E-state index in [1.165, 1.54) is 4.90 Å². The van der Waals surface area contributed by atoms with Crippen molar-refractivity contribution in [2.75, 3.05) is 56.0 Å². The van der Waals surface area contributed by atoms with Gasteiger partial charge < -0.3 is 14.7 Å². The zero-order chi connectivity index (χ0) is 18.4. The normalized spacial score (nSPS) is 11.4. The van der Waals surface area contributed by atoms with Crippen LogP contribution in [0.5, 0.6) is 0 Å². The van der Waals surface area contributed by atoms with Gasteiger partial charge in [-0.15, -0.1) is 0 Å². The van der Waals surface area contributed by atoms with Crippen molar-refractivity contribution in [3.05, 3.63) is 0 Å². The lowest BCUT2D eigenvalue weighted by atomic mass is 10.2. The molecule has 1 heterocycles. The molecule has 0 fully saturated rings. The Morgan fingerprint density at radius 1 is 1.00 bits per heavy atom. The molecule has 0 spiro atoms. The quantitative estimate of drug-likeness (QED) is 0.527. The van der Waals surface area contributed by atoms with Crippen LogP contribution in [0.25, 0.3) is 0 Å². The summed E-state index contributed by atoms with van der Waals surface area (Å²) in [7, 11) is 7.22. The van der Waals surface area contributed by atoms with Crippen molar-refractivity contribution >= 4 is 23.8 Å². The zero-order valence-electron chi connectivity index (χ0n) is 15.5. The van der Waals surface area contributed by atoms with Crippen molar-refractivity contribution in [1.82, 2.24) is 19.9 Å². The molecule has 0 N–H and O–H groups in total. The highest BCUT2D eigenvalue weighted by Gasteiger charge is 2.28. The third-order valence-electron chi connectivity index (χ3n) is 3.54. The second kappa shape index (κ2) is 8.29. The van der Waals surface area contributed by atoms with Crippen LogP contribution in [-0.4, -0.2) is 73.1 Å². The molecule has 0 unspecified atom stereocenters. The summed E-state index contributed by atoms with van der Waals surface area (Å²) < 4.78 is 0. The summed E-state index contributed by atoms with van der Waals surface area (Å²) in [6.45, 7) is 6.66. The molecule has 0 aromatic carbocycles. The molecule has 1 aromatic rings. The maximum Gasteiger partial charge on any atom is 0.246 e. The number of carbonyl (C=O) groups is 1. The van der Waals surface area contributed by atoms with Crippen LogP contribution >= 0.6 is 0 Å². The molecule has 9 heteroatoms. The first-order valence-electron chi connectivity index (χ1n) is 7.85. The summed E-state index contributed by atoms with van der Waals surface area (Å²) in [6, 6.07) is -0.692. The number of amides is 1. The SMILES string of the molecule is CCN(CC)C(=O)[C@@H](C)N(C#N)c1nc(N(C)C)nc(N(C)C)n1. The van der Waals surface area contributed by atoms with Crippen molar-refractivity contribution in [3.8, 4) is 6.19 Å². The van der Waals surface area contributed by atoms with E-state index >= 15 is 0 Å². The topological polar surface area (TPSA) is 92.5 Å². The van der Waals surface area contributed by atoms with Crippen LogP contribution in [0.2, 0.25) is 0 Å². The van der Waals surface area contributed by atoms with Crippen LogP contribution < -0.4 is 14.7 Å². The zero-order valence-corrected chi connectivity index (χ0v) is 15.5. The Morgan fingerprint density at radius 2 is 1.42 bits per heavy atom. The highest BCUT2D eigenvalue weighted by atomic mass is 16.2. The third-order valence-corrected chi connectivity index (χ3v) is 3.54. The Hall–Kier alpha value is -2.63. The molecule has 0 aliphatic heterocycles. The van der Waals surface area contributed by atoms with Gasteiger partial charge in [0.15, 0.2) is 6.19 Å². The first-order valence-corrected chi connectivity index (χ1v) is 7.85. The first kappa shape index (κ1) is 19.4. The highest BCUT2D eigenvalue weighted by molar-refractivity contribution is 5.85. The Kier molecular flexibility index (Phi) is 6.70. The number of rotatable bonds is 7. The second-order valence-electron chi connectivity index (χ2n) is 5.68. The van der Waals surface area contributed by atoms with E-state index in [9.17, 15) is 10.1 Å². The van der Waals surface area contributed by atoms with Crippen LogP contribution in [0.4, 0.5) is 17.8 Å². The maximum absolute atomic E-state index is 12.6. The average molecular weight is 334 g/mol. The number of carbonyl (C=O) groups excluding carboxylic acids is 1. The summed E-state index contributed by atoms with van der Waals surface area (Å²) in [5.41, 5.74) is 0. The predicted octanol–water partition coefficient (Wildman–Crippen LogP) is 0.548. The van der Waals surface area contributed by atoms with Crippen molar-refractivity contribution in [1.29, 1.82) is 5.26 Å². The smallest absolute Gasteiger partial charge is 0.246 e. The molecule has 0 radical (unpaired) electrons. The minimum Gasteiger partial charge on any atom is -0.347 e. The average Bonchev–Trinajstić information content (AvgIpc) is 2.55. The lowest BCUT2D eigenvalue weighted by Gasteiger charge is -2.27. The first-order chi connectivity index (χ1) is 11.3. The van der Waals surface area contributed by atoms with E-state index in [2.05, 4.69) is 15.0 Å². The summed E-state index contributed by atoms with van der Waals surface area (Å²) in [5, 5.41) is 9.56. The van der Waals surface area contributed by atoms with E-state index in [-0.39, 0.29) is 11.9 Å². The summed E-state index contributed by atoms with van der Waals surface area (Å²) in [5.74, 6) is 0.866. The van der Waals surface area contributed by atoms with Gasteiger partial charge >= 0.3 is 0 Å². The number of nitrogens with zero attached hydrogens (tertiary/aromatic N) is 8. The number of hydrogen-bond acceptors (Lipinski definition) is 8. The number of likely N-dealkylation sites (N-methyl/N-ethyl adjacent to an activating group) is 1. The van der Waals surface area contributed by atoms with E-state index in [1.54, 1.807) is 49.8 Å². The van der Waals surface area contributed by atoms with Gasteiger partial charge in [0.05, 0.1) is 0 Å². The van der Waals surface area contributed by atoms with Gasteiger partial charge in [-0.25, -0.2) is 4.90 Å². The summed E-state index contributed by atoms with van der Waals surface area (Å²) >= 11 is 0. The molecule has 0 aliphatic rings. The molecule has 0 saturated heterocycles. The highest BCUT2D eigenvalue weighted by Crippen LogP contribution is 2.19. The molecule has 1 atom stereocenters. The van der Waals surface area contributed by atoms with Crippen molar-refractivity contribution in [3.63, 3.8) is 0 Å². The van der Waals surface area contributed by atoms with Gasteiger partial charge in [0.1, 0.15) is 6.04 Å². The van der Waals surface area contributed by atoms with Gasteiger partial charge in [0, 0.05) is 41.3 Å². The molecular formula is C15H26N8O.